The molecule has 0 aliphatic rings. The fraction of sp³-hybridized carbons (Fsp3) is 1.00. The van der Waals surface area contributed by atoms with Crippen molar-refractivity contribution >= 4 is 11.4 Å². The third-order valence-corrected chi connectivity index (χ3v) is 2.59. The lowest BCUT2D eigenvalue weighted by atomic mass is 10.1. The Kier molecular flexibility index (Phi) is 10.5. The number of halogens is 1. The molecule has 0 fully saturated rings. The van der Waals surface area contributed by atoms with Crippen LogP contribution in [0.4, 0.5) is 4.39 Å². The summed E-state index contributed by atoms with van der Waals surface area (Å²) >= 11 is -2.48. The van der Waals surface area contributed by atoms with Crippen molar-refractivity contribution in [1.29, 1.82) is 0 Å². The van der Waals surface area contributed by atoms with Crippen LogP contribution in [-0.2, 0) is 15.5 Å². The van der Waals surface area contributed by atoms with Crippen LogP contribution >= 0.6 is 0 Å². The minimum Gasteiger partial charge on any atom is -0.284 e. The summed E-state index contributed by atoms with van der Waals surface area (Å²) in [6.45, 7) is 2.17. The second kappa shape index (κ2) is 10.5. The smallest absolute Gasteiger partial charge is 0.284 e. The highest BCUT2D eigenvalue weighted by atomic mass is 32.2. The summed E-state index contributed by atoms with van der Waals surface area (Å²) in [4.78, 5) is 0. The molecule has 0 rings (SSSR count). The first-order chi connectivity index (χ1) is 7.16. The van der Waals surface area contributed by atoms with Gasteiger partial charge in [-0.05, 0) is 6.42 Å². The summed E-state index contributed by atoms with van der Waals surface area (Å²) in [6, 6.07) is 0. The van der Waals surface area contributed by atoms with Crippen LogP contribution in [0.5, 0.6) is 0 Å². The molecule has 0 heterocycles. The molecule has 0 saturated heterocycles. The zero-order valence-electron chi connectivity index (χ0n) is 9.28. The first-order valence-electron chi connectivity index (χ1n) is 5.59. The molecule has 0 radical (unpaired) electrons. The van der Waals surface area contributed by atoms with Crippen LogP contribution in [0, 0.1) is 0 Å². The molecular weight excluding hydrogens is 219 g/mol. The lowest BCUT2D eigenvalue weighted by Crippen LogP contribution is -2.07. The second-order valence-electron chi connectivity index (χ2n) is 3.63. The Balaban J connectivity index is 3.13. The molecule has 2 atom stereocenters. The van der Waals surface area contributed by atoms with Crippen molar-refractivity contribution in [2.75, 3.05) is 0 Å². The van der Waals surface area contributed by atoms with Crippen LogP contribution in [0.3, 0.4) is 0 Å². The maximum atomic E-state index is 12.7. The molecular formula is C10H21FO3S. The van der Waals surface area contributed by atoms with E-state index in [0.717, 1.165) is 12.8 Å². The maximum absolute atomic E-state index is 12.7. The van der Waals surface area contributed by atoms with E-state index in [1.165, 1.54) is 25.7 Å². The average molecular weight is 240 g/mol. The molecule has 0 spiro atoms. The van der Waals surface area contributed by atoms with E-state index >= 15 is 0 Å². The molecule has 0 aromatic rings. The van der Waals surface area contributed by atoms with E-state index in [9.17, 15) is 8.60 Å². The van der Waals surface area contributed by atoms with Crippen LogP contribution in [0.2, 0.25) is 0 Å². The van der Waals surface area contributed by atoms with E-state index in [-0.39, 0.29) is 6.42 Å². The van der Waals surface area contributed by atoms with E-state index in [1.54, 1.807) is 0 Å². The van der Waals surface area contributed by atoms with Gasteiger partial charge in [0.05, 0.1) is 0 Å². The fourth-order valence-electron chi connectivity index (χ4n) is 1.40. The molecule has 0 aliphatic carbocycles. The monoisotopic (exact) mass is 240 g/mol. The molecule has 0 aromatic heterocycles. The highest BCUT2D eigenvalue weighted by Gasteiger charge is 2.09. The van der Waals surface area contributed by atoms with E-state index < -0.39 is 17.7 Å². The van der Waals surface area contributed by atoms with Gasteiger partial charge < -0.3 is 0 Å². The lowest BCUT2D eigenvalue weighted by Gasteiger charge is -2.05. The van der Waals surface area contributed by atoms with E-state index in [0.29, 0.717) is 6.42 Å². The molecule has 3 nitrogen and oxygen atoms in total. The largest absolute Gasteiger partial charge is 0.304 e. The van der Waals surface area contributed by atoms with E-state index in [4.69, 9.17) is 4.55 Å². The first kappa shape index (κ1) is 15.0. The summed E-state index contributed by atoms with van der Waals surface area (Å²) in [6.07, 6.45) is 6.31. The predicted molar refractivity (Wildman–Crippen MR) is 59.4 cm³/mol. The van der Waals surface area contributed by atoms with Crippen molar-refractivity contribution in [2.45, 2.75) is 64.6 Å². The van der Waals surface area contributed by atoms with Crippen molar-refractivity contribution in [2.24, 2.45) is 0 Å². The third kappa shape index (κ3) is 11.9. The van der Waals surface area contributed by atoms with Crippen molar-refractivity contribution in [1.82, 2.24) is 0 Å². The Labute approximate surface area is 93.9 Å². The van der Waals surface area contributed by atoms with Crippen molar-refractivity contribution in [3.63, 3.8) is 0 Å². The summed E-state index contributed by atoms with van der Waals surface area (Å²) in [5.41, 5.74) is 0. The third-order valence-electron chi connectivity index (χ3n) is 2.22. The van der Waals surface area contributed by atoms with Crippen LogP contribution < -0.4 is 0 Å². The highest BCUT2D eigenvalue weighted by molar-refractivity contribution is 7.74. The molecule has 0 bridgehead atoms. The van der Waals surface area contributed by atoms with Gasteiger partial charge in [0.15, 0.2) is 0 Å². The molecule has 0 amide bonds. The zero-order chi connectivity index (χ0) is 11.5. The molecule has 1 N–H and O–H groups in total. The van der Waals surface area contributed by atoms with Crippen LogP contribution in [0.25, 0.3) is 0 Å². The Hall–Kier alpha value is -0.0000000000000000486. The summed E-state index contributed by atoms with van der Waals surface area (Å²) in [5.74, 6) is 0. The highest BCUT2D eigenvalue weighted by Crippen LogP contribution is 2.12. The van der Waals surface area contributed by atoms with Gasteiger partial charge in [0.1, 0.15) is 0 Å². The van der Waals surface area contributed by atoms with Gasteiger partial charge >= 0.3 is 11.4 Å². The zero-order valence-corrected chi connectivity index (χ0v) is 10.1. The van der Waals surface area contributed by atoms with Gasteiger partial charge in [-0.3, -0.25) is 4.55 Å². The van der Waals surface area contributed by atoms with E-state index in [2.05, 4.69) is 11.1 Å². The Morgan fingerprint density at radius 3 is 2.27 bits per heavy atom. The summed E-state index contributed by atoms with van der Waals surface area (Å²) < 4.78 is 35.1. The minimum absolute atomic E-state index is 0.208. The van der Waals surface area contributed by atoms with Crippen molar-refractivity contribution in [3.05, 3.63) is 0 Å². The van der Waals surface area contributed by atoms with Crippen LogP contribution in [0.1, 0.15) is 58.3 Å². The molecule has 0 saturated carbocycles. The molecule has 0 aromatic carbocycles. The maximum Gasteiger partial charge on any atom is 0.304 e. The van der Waals surface area contributed by atoms with Gasteiger partial charge in [-0.2, -0.15) is 4.21 Å². The quantitative estimate of drug-likeness (QED) is 0.469. The standard InChI is InChI=1S/C10H21FO3S/c1-2-3-4-5-6-7-8-9-10(11)14-15(12)13/h10H,2-9H2,1H3,(H,12,13). The molecule has 92 valence electrons. The van der Waals surface area contributed by atoms with Crippen LogP contribution in [-0.4, -0.2) is 15.1 Å². The Morgan fingerprint density at radius 2 is 1.73 bits per heavy atom. The van der Waals surface area contributed by atoms with Gasteiger partial charge in [-0.25, -0.2) is 8.57 Å². The normalized spacial score (nSPS) is 15.1. The van der Waals surface area contributed by atoms with Gasteiger partial charge in [0.2, 0.25) is 6.36 Å². The summed E-state index contributed by atoms with van der Waals surface area (Å²) in [5, 5.41) is 0. The molecule has 5 heteroatoms. The topological polar surface area (TPSA) is 46.5 Å². The molecule has 2 unspecified atom stereocenters. The second-order valence-corrected chi connectivity index (χ2v) is 4.26. The van der Waals surface area contributed by atoms with Gasteiger partial charge in [0.25, 0.3) is 0 Å². The number of rotatable bonds is 10. The lowest BCUT2D eigenvalue weighted by molar-refractivity contribution is 0.0617. The number of alkyl halides is 1. The van der Waals surface area contributed by atoms with E-state index in [1.807, 2.05) is 0 Å². The Bertz CT molecular complexity index is 167. The fourth-order valence-corrected chi connectivity index (χ4v) is 1.67. The molecule has 15 heavy (non-hydrogen) atoms. The first-order valence-corrected chi connectivity index (χ1v) is 6.62. The van der Waals surface area contributed by atoms with Gasteiger partial charge in [-0.1, -0.05) is 45.4 Å². The SMILES string of the molecule is CCCCCCCCCC(F)OS(=O)O. The molecule has 0 aliphatic heterocycles. The van der Waals surface area contributed by atoms with Gasteiger partial charge in [-0.15, -0.1) is 0 Å². The van der Waals surface area contributed by atoms with Crippen LogP contribution in [0.15, 0.2) is 0 Å². The summed E-state index contributed by atoms with van der Waals surface area (Å²) in [7, 11) is 0. The minimum atomic E-state index is -2.48. The van der Waals surface area contributed by atoms with Gasteiger partial charge in [0, 0.05) is 6.42 Å². The number of unbranched alkanes of at least 4 members (excludes halogenated alkanes) is 6. The predicted octanol–water partition coefficient (Wildman–Crippen LogP) is 3.58. The van der Waals surface area contributed by atoms with Crippen molar-refractivity contribution < 1.29 is 17.3 Å². The number of hydrogen-bond acceptors (Lipinski definition) is 2. The average Bonchev–Trinajstić information content (AvgIpc) is 2.15. The Morgan fingerprint density at radius 1 is 1.20 bits per heavy atom. The van der Waals surface area contributed by atoms with Crippen molar-refractivity contribution in [3.8, 4) is 0 Å². The number of hydrogen-bond donors (Lipinski definition) is 1.